The number of aromatic nitrogens is 2. The third-order valence-electron chi connectivity index (χ3n) is 9.93. The number of carbonyl (C=O) groups excluding carboxylic acids is 5. The lowest BCUT2D eigenvalue weighted by Gasteiger charge is -2.37. The van der Waals surface area contributed by atoms with E-state index < -0.39 is 65.5 Å². The molecule has 1 fully saturated rings. The molecule has 0 saturated carbocycles. The van der Waals surface area contributed by atoms with Gasteiger partial charge in [-0.2, -0.15) is 0 Å². The SMILES string of the molecule is CC(C)(C)OC(=O)N[C@H](Cc1c[nH]c2ccccc12)C(=O)N[C@H]1C[C@@H]2c3[nH]c4ccccc4c3C[C@@H](C(=O)N[C@H](Cc3ccccc3)C(N)=O)N2C1=O. The predicted octanol–water partition coefficient (Wildman–Crippen LogP) is 3.68. The van der Waals surface area contributed by atoms with E-state index in [0.717, 1.165) is 44.2 Å². The van der Waals surface area contributed by atoms with Crippen LogP contribution in [0.5, 0.6) is 0 Å². The Labute approximate surface area is 306 Å². The van der Waals surface area contributed by atoms with Crippen molar-refractivity contribution in [3.63, 3.8) is 0 Å². The third-order valence-corrected chi connectivity index (χ3v) is 9.93. The van der Waals surface area contributed by atoms with Crippen LogP contribution in [-0.2, 0) is 43.2 Å². The summed E-state index contributed by atoms with van der Waals surface area (Å²) in [5, 5.41) is 10.3. The first kappa shape index (κ1) is 35.3. The minimum atomic E-state index is -1.09. The standard InChI is InChI=1S/C40H43N7O6/c1-40(2,3)53-39(52)46-30(18-23-21-42-27-15-9-7-13-24(23)27)36(49)45-31-20-32-34-26(25-14-8-10-16-28(25)43-34)19-33(47(32)38(31)51)37(50)44-29(35(41)48)17-22-11-5-4-6-12-22/h4-16,21,29-33,42-43H,17-20H2,1-3H3,(H2,41,48)(H,44,50)(H,45,49)(H,46,52)/t29-,30-,31+,32-,33+/m1/s1. The lowest BCUT2D eigenvalue weighted by atomic mass is 9.91. The zero-order valence-electron chi connectivity index (χ0n) is 29.8. The monoisotopic (exact) mass is 717 g/mol. The molecule has 274 valence electrons. The number of para-hydroxylation sites is 2. The Morgan fingerprint density at radius 3 is 2.28 bits per heavy atom. The van der Waals surface area contributed by atoms with E-state index in [1.54, 1.807) is 27.0 Å². The first-order valence-corrected chi connectivity index (χ1v) is 17.8. The molecule has 0 spiro atoms. The molecule has 5 atom stereocenters. The molecule has 0 radical (unpaired) electrons. The second-order valence-corrected chi connectivity index (χ2v) is 14.8. The van der Waals surface area contributed by atoms with Gasteiger partial charge in [-0.25, -0.2) is 4.79 Å². The molecule has 13 nitrogen and oxygen atoms in total. The predicted molar refractivity (Wildman–Crippen MR) is 198 cm³/mol. The Hall–Kier alpha value is -6.11. The van der Waals surface area contributed by atoms with Gasteiger partial charge in [0.1, 0.15) is 29.8 Å². The molecule has 2 aliphatic rings. The molecule has 0 aliphatic carbocycles. The van der Waals surface area contributed by atoms with Crippen LogP contribution < -0.4 is 21.7 Å². The average molecular weight is 718 g/mol. The average Bonchev–Trinajstić information content (AvgIpc) is 3.80. The minimum Gasteiger partial charge on any atom is -0.444 e. The van der Waals surface area contributed by atoms with E-state index in [-0.39, 0.29) is 25.7 Å². The number of ether oxygens (including phenoxy) is 1. The van der Waals surface area contributed by atoms with Crippen molar-refractivity contribution in [2.45, 2.75) is 82.3 Å². The van der Waals surface area contributed by atoms with Crippen LogP contribution in [0.2, 0.25) is 0 Å². The zero-order chi connectivity index (χ0) is 37.4. The van der Waals surface area contributed by atoms with Crippen molar-refractivity contribution < 1.29 is 28.7 Å². The number of rotatable bonds is 10. The second kappa shape index (κ2) is 14.1. The largest absolute Gasteiger partial charge is 0.444 e. The highest BCUT2D eigenvalue weighted by molar-refractivity contribution is 5.98. The van der Waals surface area contributed by atoms with Gasteiger partial charge in [-0.3, -0.25) is 19.2 Å². The summed E-state index contributed by atoms with van der Waals surface area (Å²) in [7, 11) is 0. The highest BCUT2D eigenvalue weighted by Crippen LogP contribution is 2.43. The van der Waals surface area contributed by atoms with Crippen LogP contribution in [0.3, 0.4) is 0 Å². The van der Waals surface area contributed by atoms with Crippen LogP contribution >= 0.6 is 0 Å². The number of H-pyrrole nitrogens is 2. The van der Waals surface area contributed by atoms with Crippen molar-refractivity contribution in [2.24, 2.45) is 5.73 Å². The molecule has 4 heterocycles. The normalized spacial score (nSPS) is 19.3. The molecule has 53 heavy (non-hydrogen) atoms. The molecule has 1 saturated heterocycles. The van der Waals surface area contributed by atoms with Gasteiger partial charge in [-0.15, -0.1) is 0 Å². The van der Waals surface area contributed by atoms with E-state index in [0.29, 0.717) is 0 Å². The van der Waals surface area contributed by atoms with Crippen molar-refractivity contribution in [1.82, 2.24) is 30.8 Å². The number of fused-ring (bicyclic) bond motifs is 6. The Morgan fingerprint density at radius 1 is 0.887 bits per heavy atom. The van der Waals surface area contributed by atoms with Crippen molar-refractivity contribution in [3.8, 4) is 0 Å². The Balaban J connectivity index is 1.17. The number of primary amides is 1. The number of benzene rings is 3. The molecule has 5 aromatic rings. The minimum absolute atomic E-state index is 0.121. The van der Waals surface area contributed by atoms with Gasteiger partial charge in [0, 0.05) is 59.4 Å². The molecular weight excluding hydrogens is 674 g/mol. The Bertz CT molecular complexity index is 2200. The van der Waals surface area contributed by atoms with Crippen molar-refractivity contribution in [1.29, 1.82) is 0 Å². The number of aromatic amines is 2. The molecule has 7 N–H and O–H groups in total. The van der Waals surface area contributed by atoms with Crippen LogP contribution in [0.15, 0.2) is 85.1 Å². The first-order chi connectivity index (χ1) is 25.4. The Kier molecular flexibility index (Phi) is 9.41. The van der Waals surface area contributed by atoms with Gasteiger partial charge < -0.3 is 41.3 Å². The molecule has 2 aliphatic heterocycles. The maximum atomic E-state index is 14.4. The Morgan fingerprint density at radius 2 is 1.57 bits per heavy atom. The summed E-state index contributed by atoms with van der Waals surface area (Å²) in [6.45, 7) is 5.19. The number of nitrogens with two attached hydrogens (primary N) is 1. The van der Waals surface area contributed by atoms with E-state index >= 15 is 0 Å². The summed E-state index contributed by atoms with van der Waals surface area (Å²) in [6.07, 6.45) is 1.69. The van der Waals surface area contributed by atoms with E-state index in [1.807, 2.05) is 78.9 Å². The first-order valence-electron chi connectivity index (χ1n) is 17.8. The summed E-state index contributed by atoms with van der Waals surface area (Å²) in [4.78, 5) is 76.3. The number of nitrogens with zero attached hydrogens (tertiary/aromatic N) is 1. The van der Waals surface area contributed by atoms with E-state index in [1.165, 1.54) is 4.90 Å². The van der Waals surface area contributed by atoms with Gasteiger partial charge in [-0.1, -0.05) is 66.7 Å². The smallest absolute Gasteiger partial charge is 0.408 e. The fourth-order valence-corrected chi connectivity index (χ4v) is 7.55. The lowest BCUT2D eigenvalue weighted by Crippen LogP contribution is -2.58. The van der Waals surface area contributed by atoms with Gasteiger partial charge >= 0.3 is 6.09 Å². The third kappa shape index (κ3) is 7.32. The highest BCUT2D eigenvalue weighted by Gasteiger charge is 2.51. The number of hydrogen-bond acceptors (Lipinski definition) is 6. The maximum Gasteiger partial charge on any atom is 0.408 e. The number of alkyl carbamates (subject to hydrolysis) is 1. The van der Waals surface area contributed by atoms with Crippen molar-refractivity contribution >= 4 is 51.5 Å². The van der Waals surface area contributed by atoms with Gasteiger partial charge in [0.05, 0.1) is 6.04 Å². The molecule has 3 aromatic carbocycles. The molecule has 0 bridgehead atoms. The molecule has 7 rings (SSSR count). The number of carbonyl (C=O) groups is 5. The number of hydrogen-bond donors (Lipinski definition) is 6. The van der Waals surface area contributed by atoms with Crippen LogP contribution in [0.25, 0.3) is 21.8 Å². The fraction of sp³-hybridized carbons (Fsp3) is 0.325. The molecule has 2 aromatic heterocycles. The fourth-order valence-electron chi connectivity index (χ4n) is 7.55. The van der Waals surface area contributed by atoms with Crippen LogP contribution in [0.1, 0.15) is 55.6 Å². The highest BCUT2D eigenvalue weighted by atomic mass is 16.6. The number of nitrogens with one attached hydrogen (secondary N) is 5. The summed E-state index contributed by atoms with van der Waals surface area (Å²) >= 11 is 0. The molecule has 5 amide bonds. The summed E-state index contributed by atoms with van der Waals surface area (Å²) in [5.74, 6) is -2.24. The van der Waals surface area contributed by atoms with E-state index in [4.69, 9.17) is 10.5 Å². The van der Waals surface area contributed by atoms with Crippen LogP contribution in [0.4, 0.5) is 4.79 Å². The summed E-state index contributed by atoms with van der Waals surface area (Å²) in [6, 6.07) is 19.9. The quantitative estimate of drug-likeness (QED) is 0.128. The topological polar surface area (TPSA) is 192 Å². The lowest BCUT2D eigenvalue weighted by molar-refractivity contribution is -0.142. The maximum absolute atomic E-state index is 14.4. The molecule has 13 heteroatoms. The van der Waals surface area contributed by atoms with E-state index in [9.17, 15) is 24.0 Å². The second-order valence-electron chi connectivity index (χ2n) is 14.8. The van der Waals surface area contributed by atoms with Crippen LogP contribution in [-0.4, -0.2) is 74.4 Å². The zero-order valence-corrected chi connectivity index (χ0v) is 29.8. The molecular formula is C40H43N7O6. The number of amides is 5. The van der Waals surface area contributed by atoms with Gasteiger partial charge in [0.15, 0.2) is 0 Å². The summed E-state index contributed by atoms with van der Waals surface area (Å²) < 4.78 is 5.49. The van der Waals surface area contributed by atoms with Crippen LogP contribution in [0, 0.1) is 0 Å². The van der Waals surface area contributed by atoms with Crippen molar-refractivity contribution in [3.05, 3.63) is 107 Å². The van der Waals surface area contributed by atoms with Gasteiger partial charge in [0.2, 0.25) is 23.6 Å². The van der Waals surface area contributed by atoms with Gasteiger partial charge in [0.25, 0.3) is 0 Å². The summed E-state index contributed by atoms with van der Waals surface area (Å²) in [5.41, 5.74) is 9.98. The van der Waals surface area contributed by atoms with Crippen molar-refractivity contribution in [2.75, 3.05) is 0 Å². The van der Waals surface area contributed by atoms with E-state index in [2.05, 4.69) is 25.9 Å². The van der Waals surface area contributed by atoms with Gasteiger partial charge in [-0.05, 0) is 49.6 Å². The molecule has 0 unspecified atom stereocenters.